The minimum atomic E-state index is -4.73. The molecule has 0 radical (unpaired) electrons. The average molecular weight is 493 g/mol. The second-order valence-corrected chi connectivity index (χ2v) is 10.5. The Morgan fingerprint density at radius 1 is 1.00 bits per heavy atom. The van der Waals surface area contributed by atoms with Crippen LogP contribution in [0.3, 0.4) is 0 Å². The number of hydrogen-bond acceptors (Lipinski definition) is 8. The third kappa shape index (κ3) is 4.49. The molecule has 0 bridgehead atoms. The fraction of sp³-hybridized carbons (Fsp3) is 0.100. The van der Waals surface area contributed by atoms with Gasteiger partial charge in [-0.25, -0.2) is 9.98 Å². The summed E-state index contributed by atoms with van der Waals surface area (Å²) in [7, 11) is -9.37. The molecule has 0 aromatic heterocycles. The van der Waals surface area contributed by atoms with E-state index in [1.165, 1.54) is 11.3 Å². The highest BCUT2D eigenvalue weighted by Gasteiger charge is 2.20. The molecule has 12 heteroatoms. The molecule has 0 saturated heterocycles. The zero-order chi connectivity index (χ0) is 23.1. The normalized spacial score (nSPS) is 13.0. The van der Waals surface area contributed by atoms with Crippen LogP contribution in [0.1, 0.15) is 6.92 Å². The van der Waals surface area contributed by atoms with E-state index >= 15 is 0 Å². The minimum absolute atomic E-state index is 0.199. The highest BCUT2D eigenvalue weighted by Crippen LogP contribution is 2.32. The minimum Gasteiger partial charge on any atom is -0.492 e. The summed E-state index contributed by atoms with van der Waals surface area (Å²) in [5.74, 6) is 0.286. The lowest BCUT2D eigenvalue weighted by molar-refractivity contribution is 0.336. The number of rotatable bonds is 5. The van der Waals surface area contributed by atoms with Crippen molar-refractivity contribution in [1.29, 1.82) is 0 Å². The lowest BCUT2D eigenvalue weighted by Crippen LogP contribution is -2.11. The van der Waals surface area contributed by atoms with Gasteiger partial charge in [-0.05, 0) is 43.3 Å². The van der Waals surface area contributed by atoms with E-state index in [4.69, 9.17) is 4.74 Å². The number of hydrogen-bond donors (Lipinski definition) is 2. The van der Waals surface area contributed by atoms with Gasteiger partial charge in [-0.1, -0.05) is 12.1 Å². The number of benzene rings is 3. The van der Waals surface area contributed by atoms with Crippen molar-refractivity contribution in [2.45, 2.75) is 16.7 Å². The van der Waals surface area contributed by atoms with Crippen LogP contribution in [0.15, 0.2) is 69.4 Å². The summed E-state index contributed by atoms with van der Waals surface area (Å²) < 4.78 is 72.2. The van der Waals surface area contributed by atoms with Crippen LogP contribution in [-0.4, -0.2) is 37.5 Å². The van der Waals surface area contributed by atoms with Gasteiger partial charge in [0.05, 0.1) is 38.0 Å². The Hall–Kier alpha value is -2.90. The van der Waals surface area contributed by atoms with Crippen LogP contribution in [0.5, 0.6) is 5.75 Å². The summed E-state index contributed by atoms with van der Waals surface area (Å²) in [4.78, 5) is 8.42. The molecule has 1 aliphatic carbocycles. The fourth-order valence-corrected chi connectivity index (χ4v) is 5.13. The topological polar surface area (TPSA) is 143 Å². The average Bonchev–Trinajstić information content (AvgIpc) is 2.71. The van der Waals surface area contributed by atoms with E-state index < -0.39 is 30.0 Å². The molecule has 2 N–H and O–H groups in total. The van der Waals surface area contributed by atoms with E-state index in [2.05, 4.69) is 9.98 Å². The van der Waals surface area contributed by atoms with Crippen molar-refractivity contribution < 1.29 is 30.7 Å². The number of ether oxygens (including phenoxy) is 1. The first-order valence-corrected chi connectivity index (χ1v) is 12.9. The van der Waals surface area contributed by atoms with Gasteiger partial charge in [0.25, 0.3) is 20.2 Å². The molecule has 0 spiro atoms. The van der Waals surface area contributed by atoms with Crippen molar-refractivity contribution in [3.63, 3.8) is 0 Å². The highest BCUT2D eigenvalue weighted by molar-refractivity contribution is 7.86. The van der Waals surface area contributed by atoms with E-state index in [9.17, 15) is 25.9 Å². The third-order valence-electron chi connectivity index (χ3n) is 4.41. The van der Waals surface area contributed by atoms with Crippen LogP contribution in [0.2, 0.25) is 0 Å². The molecular formula is C20H16N2O7S3. The van der Waals surface area contributed by atoms with Crippen LogP contribution in [0.4, 0.5) is 5.69 Å². The summed E-state index contributed by atoms with van der Waals surface area (Å²) in [5.41, 5.74) is 1.06. The molecule has 0 fully saturated rings. The van der Waals surface area contributed by atoms with Crippen molar-refractivity contribution in [3.05, 3.63) is 60.0 Å². The molecule has 1 heterocycles. The van der Waals surface area contributed by atoms with E-state index in [0.29, 0.717) is 5.69 Å². The van der Waals surface area contributed by atoms with E-state index in [1.807, 2.05) is 24.3 Å². The lowest BCUT2D eigenvalue weighted by Gasteiger charge is -2.11. The van der Waals surface area contributed by atoms with E-state index in [-0.39, 0.29) is 23.4 Å². The third-order valence-corrected chi connectivity index (χ3v) is 7.28. The van der Waals surface area contributed by atoms with Crippen molar-refractivity contribution in [2.75, 3.05) is 6.61 Å². The van der Waals surface area contributed by atoms with Gasteiger partial charge >= 0.3 is 0 Å². The fourth-order valence-electron chi connectivity index (χ4n) is 3.04. The molecule has 0 amide bonds. The van der Waals surface area contributed by atoms with Crippen LogP contribution in [0.25, 0.3) is 20.8 Å². The first-order valence-electron chi connectivity index (χ1n) is 9.16. The quantitative estimate of drug-likeness (QED) is 0.318. The zero-order valence-corrected chi connectivity index (χ0v) is 18.9. The first-order chi connectivity index (χ1) is 15.1. The Morgan fingerprint density at radius 2 is 1.75 bits per heavy atom. The van der Waals surface area contributed by atoms with E-state index in [0.717, 1.165) is 33.3 Å². The van der Waals surface area contributed by atoms with Crippen molar-refractivity contribution in [2.24, 2.45) is 4.99 Å². The molecule has 4 rings (SSSR count). The summed E-state index contributed by atoms with van der Waals surface area (Å²) in [5, 5.41) is 0.199. The molecule has 2 aliphatic rings. The predicted molar refractivity (Wildman–Crippen MR) is 119 cm³/mol. The van der Waals surface area contributed by atoms with Gasteiger partial charge in [0, 0.05) is 6.07 Å². The van der Waals surface area contributed by atoms with Crippen molar-refractivity contribution in [1.82, 2.24) is 4.98 Å². The second-order valence-electron chi connectivity index (χ2n) is 6.59. The zero-order valence-electron chi connectivity index (χ0n) is 16.5. The monoisotopic (exact) mass is 492 g/mol. The smallest absolute Gasteiger partial charge is 0.296 e. The molecule has 0 saturated carbocycles. The molecule has 0 atom stereocenters. The van der Waals surface area contributed by atoms with Gasteiger partial charge in [-0.3, -0.25) is 9.11 Å². The standard InChI is InChI=1S/C20H16N2O7S3/c1-2-29-17-10-15-19(30-18-6-4-3-5-13(18)21-15)11-14(17)22-16-9-12(31(23,24)25)7-8-20(16)32(26,27)28/h3-11H,2H2,1H3,(H,23,24,25)(H,26,27,28)/b22-14+. The maximum absolute atomic E-state index is 11.8. The van der Waals surface area contributed by atoms with Crippen LogP contribution in [-0.2, 0) is 20.2 Å². The maximum atomic E-state index is 11.8. The molecule has 1 aliphatic heterocycles. The first kappa shape index (κ1) is 22.3. The van der Waals surface area contributed by atoms with E-state index in [1.54, 1.807) is 19.1 Å². The lowest BCUT2D eigenvalue weighted by atomic mass is 10.2. The maximum Gasteiger partial charge on any atom is 0.296 e. The molecule has 9 nitrogen and oxygen atoms in total. The number of para-hydroxylation sites is 1. The number of aromatic nitrogens is 1. The molecule has 2 aromatic carbocycles. The van der Waals surface area contributed by atoms with Gasteiger partial charge in [-0.15, -0.1) is 11.3 Å². The van der Waals surface area contributed by atoms with Gasteiger partial charge in [-0.2, -0.15) is 16.8 Å². The summed E-state index contributed by atoms with van der Waals surface area (Å²) in [6.45, 7) is 2.04. The van der Waals surface area contributed by atoms with Gasteiger partial charge in [0.15, 0.2) is 0 Å². The summed E-state index contributed by atoms with van der Waals surface area (Å²) in [6.07, 6.45) is 0. The van der Waals surface area contributed by atoms with Gasteiger partial charge in [0.2, 0.25) is 0 Å². The van der Waals surface area contributed by atoms with Gasteiger partial charge in [0.1, 0.15) is 16.0 Å². The SMILES string of the molecule is CCOc1cc2nc3ccccc3sc-2c/c1=N\c1cc(S(=O)(=O)O)ccc1S(=O)(=O)O. The molecule has 0 unspecified atom stereocenters. The molecule has 2 aromatic rings. The Balaban J connectivity index is 2.05. The number of nitrogens with zero attached hydrogens (tertiary/aromatic N) is 2. The Morgan fingerprint density at radius 3 is 2.44 bits per heavy atom. The van der Waals surface area contributed by atoms with Crippen molar-refractivity contribution >= 4 is 47.5 Å². The van der Waals surface area contributed by atoms with Crippen molar-refractivity contribution in [3.8, 4) is 16.3 Å². The summed E-state index contributed by atoms with van der Waals surface area (Å²) >= 11 is 1.44. The Labute approximate surface area is 187 Å². The van der Waals surface area contributed by atoms with Crippen LogP contribution >= 0.6 is 11.3 Å². The van der Waals surface area contributed by atoms with Crippen LogP contribution < -0.4 is 10.1 Å². The predicted octanol–water partition coefficient (Wildman–Crippen LogP) is 3.53. The Bertz CT molecular complexity index is 1590. The molecular weight excluding hydrogens is 476 g/mol. The van der Waals surface area contributed by atoms with Crippen LogP contribution in [0, 0.1) is 0 Å². The summed E-state index contributed by atoms with van der Waals surface area (Å²) in [6, 6.07) is 13.4. The molecule has 166 valence electrons. The largest absolute Gasteiger partial charge is 0.492 e. The number of fused-ring (bicyclic) bond motifs is 2. The Kier molecular flexibility index (Phi) is 5.73. The highest BCUT2D eigenvalue weighted by atomic mass is 32.2. The molecule has 32 heavy (non-hydrogen) atoms. The second kappa shape index (κ2) is 8.22. The van der Waals surface area contributed by atoms with Gasteiger partial charge < -0.3 is 4.74 Å².